The number of nitro groups is 1. The number of aliphatic hydroxyl groups excluding tert-OH is 2. The number of rotatable bonds is 5. The molecule has 0 spiro atoms. The Balaban J connectivity index is 1.61. The number of hydrogen-bond donors (Lipinski definition) is 2. The van der Waals surface area contributed by atoms with Gasteiger partial charge >= 0.3 is 0 Å². The lowest BCUT2D eigenvalue weighted by atomic mass is 9.49. The summed E-state index contributed by atoms with van der Waals surface area (Å²) < 4.78 is 0. The molecule has 3 aliphatic rings. The molecule has 0 amide bonds. The molecule has 0 bridgehead atoms. The van der Waals surface area contributed by atoms with E-state index in [1.807, 2.05) is 13.0 Å². The van der Waals surface area contributed by atoms with Crippen molar-refractivity contribution < 1.29 is 15.1 Å². The highest BCUT2D eigenvalue weighted by atomic mass is 16.6. The Labute approximate surface area is 191 Å². The van der Waals surface area contributed by atoms with Gasteiger partial charge in [-0.05, 0) is 98.8 Å². The predicted octanol–water partition coefficient (Wildman–Crippen LogP) is 5.91. The molecule has 32 heavy (non-hydrogen) atoms. The molecular weight excluding hydrogens is 402 g/mol. The Hall–Kier alpha value is -1.98. The topological polar surface area (TPSA) is 83.6 Å². The van der Waals surface area contributed by atoms with Crippen LogP contribution in [0.3, 0.4) is 0 Å². The van der Waals surface area contributed by atoms with Crippen LogP contribution < -0.4 is 0 Å². The van der Waals surface area contributed by atoms with Crippen LogP contribution in [-0.2, 0) is 0 Å². The van der Waals surface area contributed by atoms with Gasteiger partial charge in [-0.1, -0.05) is 31.6 Å². The number of benzene rings is 1. The molecule has 1 aromatic rings. The maximum Gasteiger partial charge on any atom is 0.269 e. The van der Waals surface area contributed by atoms with Crippen LogP contribution in [0.25, 0.3) is 6.08 Å². The van der Waals surface area contributed by atoms with Gasteiger partial charge in [-0.2, -0.15) is 0 Å². The minimum absolute atomic E-state index is 0.0865. The summed E-state index contributed by atoms with van der Waals surface area (Å²) in [6, 6.07) is 6.59. The minimum atomic E-state index is -0.473. The predicted molar refractivity (Wildman–Crippen MR) is 127 cm³/mol. The van der Waals surface area contributed by atoms with Crippen molar-refractivity contribution in [2.75, 3.05) is 0 Å². The molecule has 0 saturated heterocycles. The Kier molecular flexibility index (Phi) is 6.10. The average molecular weight is 440 g/mol. The maximum absolute atomic E-state index is 11.4. The van der Waals surface area contributed by atoms with Crippen molar-refractivity contribution in [1.29, 1.82) is 0 Å². The Morgan fingerprint density at radius 2 is 1.94 bits per heavy atom. The van der Waals surface area contributed by atoms with E-state index in [0.717, 1.165) is 49.7 Å². The molecule has 174 valence electrons. The molecule has 1 aromatic carbocycles. The van der Waals surface area contributed by atoms with Crippen molar-refractivity contribution in [1.82, 2.24) is 0 Å². The third kappa shape index (κ3) is 3.84. The second kappa shape index (κ2) is 8.42. The highest BCUT2D eigenvalue weighted by Crippen LogP contribution is 2.64. The average Bonchev–Trinajstić information content (AvgIpc) is 3.00. The molecule has 0 radical (unpaired) electrons. The molecule has 4 rings (SSSR count). The van der Waals surface area contributed by atoms with Crippen LogP contribution in [0.5, 0.6) is 0 Å². The first kappa shape index (κ1) is 23.2. The van der Waals surface area contributed by atoms with Crippen LogP contribution in [0.15, 0.2) is 41.5 Å². The molecule has 3 aliphatic carbocycles. The van der Waals surface area contributed by atoms with Gasteiger partial charge in [0.15, 0.2) is 0 Å². The summed E-state index contributed by atoms with van der Waals surface area (Å²) in [5, 5.41) is 32.2. The van der Waals surface area contributed by atoms with Crippen LogP contribution in [0.4, 0.5) is 5.69 Å². The first-order valence-electron chi connectivity index (χ1n) is 12.0. The summed E-state index contributed by atoms with van der Waals surface area (Å²) in [6.07, 6.45) is 9.61. The standard InChI is InChI=1S/C27H37NO4/c1-17-5-10-22-23(26(17,3)13-11-18(2)29)12-14-27(4)24(22)16-20(25(27)30)15-19-6-8-21(9-7-19)28(31)32/h5-9,15,18,22-25,29-30H,10-14,16H2,1-4H3/b20-15+. The third-order valence-electron chi connectivity index (χ3n) is 9.26. The van der Waals surface area contributed by atoms with Crippen LogP contribution in [0.1, 0.15) is 71.8 Å². The van der Waals surface area contributed by atoms with Gasteiger partial charge in [0.25, 0.3) is 5.69 Å². The SMILES string of the molecule is CC1=CCC2C(CCC3(C)C(O)/C(=C/c4ccc([N+](=O)[O-])cc4)CC23)C1(C)CCC(C)O. The minimum Gasteiger partial charge on any atom is -0.393 e. The molecule has 0 heterocycles. The zero-order valence-corrected chi connectivity index (χ0v) is 19.8. The number of nitrogens with zero attached hydrogens (tertiary/aromatic N) is 1. The number of hydrogen-bond acceptors (Lipinski definition) is 4. The van der Waals surface area contributed by atoms with Crippen molar-refractivity contribution >= 4 is 11.8 Å². The normalized spacial score (nSPS) is 38.7. The van der Waals surface area contributed by atoms with Crippen molar-refractivity contribution in [3.8, 4) is 0 Å². The second-order valence-corrected chi connectivity index (χ2v) is 11.0. The maximum atomic E-state index is 11.4. The molecule has 5 nitrogen and oxygen atoms in total. The molecule has 0 aromatic heterocycles. The van der Waals surface area contributed by atoms with Gasteiger partial charge in [0, 0.05) is 17.5 Å². The van der Waals surface area contributed by atoms with E-state index < -0.39 is 6.10 Å². The summed E-state index contributed by atoms with van der Waals surface area (Å²) in [6.45, 7) is 8.78. The van der Waals surface area contributed by atoms with Gasteiger partial charge in [0.2, 0.25) is 0 Å². The quantitative estimate of drug-likeness (QED) is 0.339. The lowest BCUT2D eigenvalue weighted by Gasteiger charge is -2.55. The fourth-order valence-corrected chi connectivity index (χ4v) is 7.04. The number of aliphatic hydroxyl groups is 2. The van der Waals surface area contributed by atoms with E-state index in [2.05, 4.69) is 26.8 Å². The Morgan fingerprint density at radius 3 is 2.56 bits per heavy atom. The molecule has 7 atom stereocenters. The summed E-state index contributed by atoms with van der Waals surface area (Å²) in [4.78, 5) is 10.6. The molecular formula is C27H37NO4. The Morgan fingerprint density at radius 1 is 1.25 bits per heavy atom. The monoisotopic (exact) mass is 439 g/mol. The molecule has 5 heteroatoms. The van der Waals surface area contributed by atoms with E-state index >= 15 is 0 Å². The van der Waals surface area contributed by atoms with Crippen molar-refractivity contribution in [2.24, 2.45) is 28.6 Å². The zero-order valence-electron chi connectivity index (χ0n) is 19.8. The van der Waals surface area contributed by atoms with Gasteiger partial charge in [-0.15, -0.1) is 0 Å². The van der Waals surface area contributed by atoms with Crippen molar-refractivity contribution in [2.45, 2.75) is 78.4 Å². The fourth-order valence-electron chi connectivity index (χ4n) is 7.04. The van der Waals surface area contributed by atoms with Crippen LogP contribution in [-0.4, -0.2) is 27.3 Å². The lowest BCUT2D eigenvalue weighted by Crippen LogP contribution is -2.49. The summed E-state index contributed by atoms with van der Waals surface area (Å²) in [5.41, 5.74) is 3.50. The van der Waals surface area contributed by atoms with Gasteiger partial charge in [0.05, 0.1) is 17.1 Å². The molecule has 2 saturated carbocycles. The molecule has 0 aliphatic heterocycles. The Bertz CT molecular complexity index is 933. The van der Waals surface area contributed by atoms with E-state index in [-0.39, 0.29) is 27.5 Å². The number of non-ortho nitro benzene ring substituents is 1. The van der Waals surface area contributed by atoms with E-state index in [1.54, 1.807) is 12.1 Å². The first-order valence-corrected chi connectivity index (χ1v) is 12.0. The highest BCUT2D eigenvalue weighted by molar-refractivity contribution is 5.57. The largest absolute Gasteiger partial charge is 0.393 e. The van der Waals surface area contributed by atoms with Crippen LogP contribution in [0.2, 0.25) is 0 Å². The van der Waals surface area contributed by atoms with Gasteiger partial charge in [0.1, 0.15) is 0 Å². The van der Waals surface area contributed by atoms with E-state index in [4.69, 9.17) is 0 Å². The number of nitro benzene ring substituents is 1. The van der Waals surface area contributed by atoms with Crippen molar-refractivity contribution in [3.63, 3.8) is 0 Å². The second-order valence-electron chi connectivity index (χ2n) is 11.0. The van der Waals surface area contributed by atoms with Gasteiger partial charge in [-0.25, -0.2) is 0 Å². The molecule has 7 unspecified atom stereocenters. The fraction of sp³-hybridized carbons (Fsp3) is 0.630. The van der Waals surface area contributed by atoms with E-state index in [0.29, 0.717) is 17.8 Å². The summed E-state index contributed by atoms with van der Waals surface area (Å²) in [5.74, 6) is 1.54. The van der Waals surface area contributed by atoms with E-state index in [9.17, 15) is 20.3 Å². The first-order chi connectivity index (χ1) is 15.1. The van der Waals surface area contributed by atoms with Gasteiger partial charge < -0.3 is 10.2 Å². The lowest BCUT2D eigenvalue weighted by molar-refractivity contribution is -0.384. The molecule has 2 fully saturated rings. The molecule has 2 N–H and O–H groups in total. The van der Waals surface area contributed by atoms with Crippen LogP contribution >= 0.6 is 0 Å². The number of fused-ring (bicyclic) bond motifs is 3. The number of allylic oxidation sites excluding steroid dienone is 2. The smallest absolute Gasteiger partial charge is 0.269 e. The zero-order chi connectivity index (χ0) is 23.3. The third-order valence-corrected chi connectivity index (χ3v) is 9.26. The van der Waals surface area contributed by atoms with E-state index in [1.165, 1.54) is 17.7 Å². The summed E-state index contributed by atoms with van der Waals surface area (Å²) >= 11 is 0. The summed E-state index contributed by atoms with van der Waals surface area (Å²) in [7, 11) is 0. The van der Waals surface area contributed by atoms with Gasteiger partial charge in [-0.3, -0.25) is 10.1 Å². The van der Waals surface area contributed by atoms with Crippen molar-refractivity contribution in [3.05, 3.63) is 57.2 Å². The highest BCUT2D eigenvalue weighted by Gasteiger charge is 2.58. The van der Waals surface area contributed by atoms with Crippen LogP contribution in [0, 0.1) is 38.7 Å².